The summed E-state index contributed by atoms with van der Waals surface area (Å²) in [4.78, 5) is 33.2. The molecular weight excluding hydrogens is 352 g/mol. The number of hydrogen-bond donors (Lipinski definition) is 0. The van der Waals surface area contributed by atoms with Gasteiger partial charge in [-0.05, 0) is 74.2 Å². The molecule has 1 heterocycles. The first-order valence-corrected chi connectivity index (χ1v) is 9.04. The number of Topliss-reactive ketones (excluding diaryl/α,β-unsaturated/α-hetero) is 1. The number of carbonyl (C=O) groups excluding carboxylic acids is 2. The number of fused-ring (bicyclic) bond motifs is 1. The molecule has 0 aliphatic carbocycles. The highest BCUT2D eigenvalue weighted by molar-refractivity contribution is 6.00. The Bertz CT molecular complexity index is 1100. The van der Waals surface area contributed by atoms with E-state index in [1.54, 1.807) is 6.20 Å². The van der Waals surface area contributed by atoms with Gasteiger partial charge >= 0.3 is 5.97 Å². The molecule has 0 aliphatic heterocycles. The van der Waals surface area contributed by atoms with Crippen molar-refractivity contribution in [3.05, 3.63) is 76.1 Å². The maximum Gasteiger partial charge on any atom is 0.331 e. The Morgan fingerprint density at radius 3 is 2.46 bits per heavy atom. The van der Waals surface area contributed by atoms with Crippen LogP contribution >= 0.6 is 0 Å². The summed E-state index contributed by atoms with van der Waals surface area (Å²) < 4.78 is 5.11. The summed E-state index contributed by atoms with van der Waals surface area (Å²) in [5.74, 6) is -0.808. The Balaban J connectivity index is 1.65. The molecule has 28 heavy (non-hydrogen) atoms. The van der Waals surface area contributed by atoms with Crippen LogP contribution in [-0.4, -0.2) is 28.3 Å². The Labute approximate surface area is 164 Å². The lowest BCUT2D eigenvalue weighted by Gasteiger charge is -2.13. The summed E-state index contributed by atoms with van der Waals surface area (Å²) in [6.07, 6.45) is 4.36. The van der Waals surface area contributed by atoms with Gasteiger partial charge in [-0.25, -0.2) is 9.78 Å². The lowest BCUT2D eigenvalue weighted by atomic mass is 9.93. The first-order valence-electron chi connectivity index (χ1n) is 9.04. The van der Waals surface area contributed by atoms with E-state index in [0.717, 1.165) is 27.7 Å². The number of hydrogen-bond acceptors (Lipinski definition) is 5. The van der Waals surface area contributed by atoms with E-state index in [2.05, 4.69) is 9.97 Å². The van der Waals surface area contributed by atoms with Crippen molar-refractivity contribution in [3.8, 4) is 0 Å². The zero-order valence-corrected chi connectivity index (χ0v) is 16.4. The number of aromatic nitrogens is 2. The quantitative estimate of drug-likeness (QED) is 0.378. The van der Waals surface area contributed by atoms with Crippen LogP contribution in [-0.2, 0) is 9.53 Å². The van der Waals surface area contributed by atoms with Crippen LogP contribution in [0.1, 0.15) is 38.3 Å². The van der Waals surface area contributed by atoms with Crippen molar-refractivity contribution in [2.75, 3.05) is 6.61 Å². The number of para-hydroxylation sites is 2. The summed E-state index contributed by atoms with van der Waals surface area (Å²) in [6, 6.07) is 9.34. The van der Waals surface area contributed by atoms with E-state index in [-0.39, 0.29) is 12.4 Å². The number of aryl methyl sites for hydroxylation is 1. The Morgan fingerprint density at radius 2 is 1.71 bits per heavy atom. The molecule has 0 aliphatic rings. The summed E-state index contributed by atoms with van der Waals surface area (Å²) in [7, 11) is 0. The number of nitrogens with zero attached hydrogens (tertiary/aromatic N) is 2. The average Bonchev–Trinajstić information content (AvgIpc) is 2.71. The van der Waals surface area contributed by atoms with Crippen LogP contribution in [0.25, 0.3) is 17.1 Å². The first-order chi connectivity index (χ1) is 13.4. The number of carbonyl (C=O) groups is 2. The van der Waals surface area contributed by atoms with E-state index in [0.29, 0.717) is 11.3 Å². The molecule has 0 saturated carbocycles. The molecule has 3 rings (SSSR count). The largest absolute Gasteiger partial charge is 0.454 e. The molecule has 0 bridgehead atoms. The second kappa shape index (κ2) is 8.13. The molecule has 0 fully saturated rings. The minimum absolute atomic E-state index is 0.212. The minimum atomic E-state index is -0.596. The minimum Gasteiger partial charge on any atom is -0.454 e. The molecule has 2 aromatic carbocycles. The van der Waals surface area contributed by atoms with Crippen LogP contribution in [0.2, 0.25) is 0 Å². The normalized spacial score (nSPS) is 11.1. The van der Waals surface area contributed by atoms with Crippen molar-refractivity contribution in [2.24, 2.45) is 0 Å². The summed E-state index contributed by atoms with van der Waals surface area (Å²) in [5, 5.41) is 0. The van der Waals surface area contributed by atoms with Crippen molar-refractivity contribution in [1.29, 1.82) is 0 Å². The van der Waals surface area contributed by atoms with Crippen molar-refractivity contribution in [2.45, 2.75) is 27.7 Å². The van der Waals surface area contributed by atoms with Crippen LogP contribution in [0.4, 0.5) is 0 Å². The molecular formula is C23H22N2O3. The molecule has 0 saturated heterocycles. The van der Waals surface area contributed by atoms with Gasteiger partial charge in [0.2, 0.25) is 5.78 Å². The van der Waals surface area contributed by atoms with Gasteiger partial charge in [-0.3, -0.25) is 9.78 Å². The van der Waals surface area contributed by atoms with Gasteiger partial charge in [-0.2, -0.15) is 0 Å². The van der Waals surface area contributed by atoms with Gasteiger partial charge in [0.15, 0.2) is 6.61 Å². The highest BCUT2D eigenvalue weighted by atomic mass is 16.5. The number of esters is 1. The van der Waals surface area contributed by atoms with Crippen LogP contribution in [0.3, 0.4) is 0 Å². The number of ether oxygens (including phenoxy) is 1. The van der Waals surface area contributed by atoms with E-state index < -0.39 is 5.97 Å². The Hall–Kier alpha value is -3.34. The highest BCUT2D eigenvalue weighted by Gasteiger charge is 2.15. The lowest BCUT2D eigenvalue weighted by Crippen LogP contribution is -2.15. The fraction of sp³-hybridized carbons (Fsp3) is 0.217. The molecule has 3 aromatic rings. The van der Waals surface area contributed by atoms with Crippen LogP contribution in [0.15, 0.2) is 42.6 Å². The third-order valence-electron chi connectivity index (χ3n) is 4.98. The molecule has 0 N–H and O–H groups in total. The van der Waals surface area contributed by atoms with E-state index in [4.69, 9.17) is 4.74 Å². The van der Waals surface area contributed by atoms with E-state index >= 15 is 0 Å². The van der Waals surface area contributed by atoms with Crippen LogP contribution in [0, 0.1) is 27.7 Å². The monoisotopic (exact) mass is 374 g/mol. The molecule has 0 amide bonds. The molecule has 0 spiro atoms. The Morgan fingerprint density at radius 1 is 1.00 bits per heavy atom. The van der Waals surface area contributed by atoms with Gasteiger partial charge in [-0.15, -0.1) is 0 Å². The number of ketones is 1. The summed E-state index contributed by atoms with van der Waals surface area (Å²) in [5.41, 5.74) is 6.90. The zero-order valence-electron chi connectivity index (χ0n) is 16.4. The van der Waals surface area contributed by atoms with Crippen LogP contribution < -0.4 is 0 Å². The van der Waals surface area contributed by atoms with Gasteiger partial charge in [0.25, 0.3) is 0 Å². The van der Waals surface area contributed by atoms with E-state index in [9.17, 15) is 9.59 Å². The fourth-order valence-corrected chi connectivity index (χ4v) is 2.97. The third-order valence-corrected chi connectivity index (χ3v) is 4.98. The molecule has 142 valence electrons. The van der Waals surface area contributed by atoms with Crippen molar-refractivity contribution in [3.63, 3.8) is 0 Å². The average molecular weight is 374 g/mol. The fourth-order valence-electron chi connectivity index (χ4n) is 2.97. The summed E-state index contributed by atoms with van der Waals surface area (Å²) in [6.45, 7) is 7.61. The van der Waals surface area contributed by atoms with Gasteiger partial charge in [0.1, 0.15) is 0 Å². The predicted octanol–water partition coefficient (Wildman–Crippen LogP) is 4.30. The number of rotatable bonds is 5. The van der Waals surface area contributed by atoms with Crippen molar-refractivity contribution < 1.29 is 14.3 Å². The molecule has 0 radical (unpaired) electrons. The molecule has 0 atom stereocenters. The molecule has 0 unspecified atom stereocenters. The topological polar surface area (TPSA) is 69.2 Å². The maximum absolute atomic E-state index is 12.5. The smallest absolute Gasteiger partial charge is 0.331 e. The highest BCUT2D eigenvalue weighted by Crippen LogP contribution is 2.21. The van der Waals surface area contributed by atoms with Gasteiger partial charge < -0.3 is 4.74 Å². The van der Waals surface area contributed by atoms with Gasteiger partial charge in [0.05, 0.1) is 22.9 Å². The Kier molecular flexibility index (Phi) is 5.64. The first kappa shape index (κ1) is 19.4. The van der Waals surface area contributed by atoms with Gasteiger partial charge in [0, 0.05) is 11.6 Å². The van der Waals surface area contributed by atoms with E-state index in [1.807, 2.05) is 58.0 Å². The standard InChI is InChI=1S/C23H22N2O3/c1-14-11-19(17(4)16(3)15(14)2)22(26)13-28-23(27)10-9-18-12-24-20-7-5-6-8-21(20)25-18/h5-12H,13H2,1-4H3/b10-9+. The van der Waals surface area contributed by atoms with Crippen molar-refractivity contribution in [1.82, 2.24) is 9.97 Å². The molecule has 5 nitrogen and oxygen atoms in total. The van der Waals surface area contributed by atoms with Crippen molar-refractivity contribution >= 4 is 28.9 Å². The predicted molar refractivity (Wildman–Crippen MR) is 109 cm³/mol. The SMILES string of the molecule is Cc1cc(C(=O)COC(=O)/C=C/c2cnc3ccccc3n2)c(C)c(C)c1C. The molecule has 5 heteroatoms. The summed E-state index contributed by atoms with van der Waals surface area (Å²) >= 11 is 0. The third kappa shape index (κ3) is 4.14. The van der Waals surface area contributed by atoms with Gasteiger partial charge in [-0.1, -0.05) is 12.1 Å². The second-order valence-corrected chi connectivity index (χ2v) is 6.76. The molecule has 1 aromatic heterocycles. The zero-order chi connectivity index (χ0) is 20.3. The lowest BCUT2D eigenvalue weighted by molar-refractivity contribution is -0.136. The maximum atomic E-state index is 12.5. The second-order valence-electron chi connectivity index (χ2n) is 6.76. The van der Waals surface area contributed by atoms with Crippen LogP contribution in [0.5, 0.6) is 0 Å². The van der Waals surface area contributed by atoms with E-state index in [1.165, 1.54) is 17.7 Å². The number of benzene rings is 2.